The number of hydrogen-bond acceptors (Lipinski definition) is 7. The Bertz CT molecular complexity index is 1430. The first-order valence-corrected chi connectivity index (χ1v) is 11.1. The molecule has 0 bridgehead atoms. The zero-order valence-corrected chi connectivity index (χ0v) is 18.3. The molecular weight excluding hydrogens is 451 g/mol. The molecule has 0 saturated heterocycles. The highest BCUT2D eigenvalue weighted by Crippen LogP contribution is 2.24. The molecule has 4 aromatic rings. The number of anilines is 1. The molecule has 0 aliphatic rings. The van der Waals surface area contributed by atoms with Crippen molar-refractivity contribution in [1.29, 1.82) is 0 Å². The summed E-state index contributed by atoms with van der Waals surface area (Å²) >= 11 is 1.06. The number of carbonyl (C=O) groups is 1. The van der Waals surface area contributed by atoms with Crippen LogP contribution in [0.3, 0.4) is 0 Å². The maximum Gasteiger partial charge on any atom is 0.271 e. The third-order valence-electron chi connectivity index (χ3n) is 4.98. The van der Waals surface area contributed by atoms with Crippen molar-refractivity contribution >= 4 is 45.7 Å². The Morgan fingerprint density at radius 3 is 2.79 bits per heavy atom. The van der Waals surface area contributed by atoms with Crippen LogP contribution in [-0.2, 0) is 11.3 Å². The fourth-order valence-corrected chi connectivity index (χ4v) is 4.12. The number of thioether (sulfide) groups is 1. The number of para-hydroxylation sites is 1. The molecule has 0 fully saturated rings. The number of benzene rings is 2. The summed E-state index contributed by atoms with van der Waals surface area (Å²) in [5.74, 6) is -1.12. The van der Waals surface area contributed by atoms with Gasteiger partial charge in [-0.1, -0.05) is 37.2 Å². The number of fused-ring (bicyclic) bond motifs is 3. The number of nitrogens with one attached hydrogen (secondary N) is 1. The van der Waals surface area contributed by atoms with Crippen molar-refractivity contribution in [3.63, 3.8) is 0 Å². The van der Waals surface area contributed by atoms with E-state index in [1.807, 2.05) is 6.92 Å². The number of amides is 1. The Hall–Kier alpha value is -3.80. The third kappa shape index (κ3) is 4.42. The van der Waals surface area contributed by atoms with Crippen LogP contribution in [0.5, 0.6) is 0 Å². The number of nitrogens with zero attached hydrogens (tertiary/aromatic N) is 5. The summed E-state index contributed by atoms with van der Waals surface area (Å²) in [7, 11) is 0. The quantitative estimate of drug-likeness (QED) is 0.237. The van der Waals surface area contributed by atoms with Crippen LogP contribution in [0.4, 0.5) is 15.8 Å². The summed E-state index contributed by atoms with van der Waals surface area (Å²) in [6.07, 6.45) is 1.69. The summed E-state index contributed by atoms with van der Waals surface area (Å²) in [4.78, 5) is 35.6. The second-order valence-corrected chi connectivity index (χ2v) is 8.15. The van der Waals surface area contributed by atoms with E-state index in [4.69, 9.17) is 0 Å². The molecule has 10 nitrogen and oxygen atoms in total. The van der Waals surface area contributed by atoms with Crippen LogP contribution in [-0.4, -0.2) is 35.7 Å². The molecule has 1 N–H and O–H groups in total. The van der Waals surface area contributed by atoms with Gasteiger partial charge in [0.15, 0.2) is 5.16 Å². The first-order valence-electron chi connectivity index (χ1n) is 10.1. The number of carbonyl (C=O) groups excluding carboxylic acids is 1. The van der Waals surface area contributed by atoms with E-state index >= 15 is 0 Å². The molecular formula is C21H19FN6O4S. The average molecular weight is 470 g/mol. The van der Waals surface area contributed by atoms with Gasteiger partial charge in [-0.15, -0.1) is 10.2 Å². The number of unbranched alkanes of at least 4 members (excludes halogenated alkanes) is 1. The van der Waals surface area contributed by atoms with Gasteiger partial charge >= 0.3 is 0 Å². The highest BCUT2D eigenvalue weighted by atomic mass is 32.2. The molecule has 4 rings (SSSR count). The lowest BCUT2D eigenvalue weighted by Gasteiger charge is -2.11. The molecule has 12 heteroatoms. The summed E-state index contributed by atoms with van der Waals surface area (Å²) < 4.78 is 17.3. The summed E-state index contributed by atoms with van der Waals surface area (Å²) in [5, 5.41) is 22.5. The number of non-ortho nitro benzene ring substituents is 1. The predicted octanol–water partition coefficient (Wildman–Crippen LogP) is 3.62. The van der Waals surface area contributed by atoms with Crippen LogP contribution in [0.25, 0.3) is 16.7 Å². The molecule has 0 spiro atoms. The van der Waals surface area contributed by atoms with E-state index in [0.29, 0.717) is 28.4 Å². The molecule has 1 amide bonds. The molecule has 0 aliphatic heterocycles. The van der Waals surface area contributed by atoms with E-state index in [2.05, 4.69) is 15.5 Å². The van der Waals surface area contributed by atoms with Crippen molar-refractivity contribution < 1.29 is 14.1 Å². The largest absolute Gasteiger partial charge is 0.323 e. The number of hydrogen-bond donors (Lipinski definition) is 1. The van der Waals surface area contributed by atoms with Gasteiger partial charge < -0.3 is 5.32 Å². The van der Waals surface area contributed by atoms with E-state index in [-0.39, 0.29) is 22.7 Å². The van der Waals surface area contributed by atoms with E-state index in [9.17, 15) is 24.1 Å². The smallest absolute Gasteiger partial charge is 0.271 e. The zero-order valence-electron chi connectivity index (χ0n) is 17.5. The van der Waals surface area contributed by atoms with Crippen molar-refractivity contribution in [3.8, 4) is 0 Å². The summed E-state index contributed by atoms with van der Waals surface area (Å²) in [5.41, 5.74) is -0.156. The first-order chi connectivity index (χ1) is 15.9. The molecule has 0 unspecified atom stereocenters. The normalized spacial score (nSPS) is 11.2. The van der Waals surface area contributed by atoms with E-state index in [0.717, 1.165) is 42.8 Å². The Morgan fingerprint density at radius 2 is 2.03 bits per heavy atom. The van der Waals surface area contributed by atoms with Crippen molar-refractivity contribution in [3.05, 3.63) is 68.7 Å². The second-order valence-electron chi connectivity index (χ2n) is 7.20. The third-order valence-corrected chi connectivity index (χ3v) is 5.91. The van der Waals surface area contributed by atoms with Gasteiger partial charge in [-0.2, -0.15) is 0 Å². The van der Waals surface area contributed by atoms with Gasteiger partial charge in [-0.05, 0) is 24.6 Å². The SMILES string of the molecule is CCCCn1c(=O)c2ccccc2n2c(SCC(=O)Nc3cc([N+](=O)[O-])ccc3F)nnc12. The van der Waals surface area contributed by atoms with Gasteiger partial charge in [-0.3, -0.25) is 28.7 Å². The molecule has 170 valence electrons. The van der Waals surface area contributed by atoms with Crippen molar-refractivity contribution in [2.24, 2.45) is 0 Å². The topological polar surface area (TPSA) is 124 Å². The van der Waals surface area contributed by atoms with Crippen molar-refractivity contribution in [2.45, 2.75) is 31.5 Å². The van der Waals surface area contributed by atoms with Crippen LogP contribution < -0.4 is 10.9 Å². The monoisotopic (exact) mass is 470 g/mol. The maximum atomic E-state index is 14.0. The Balaban J connectivity index is 1.63. The lowest BCUT2D eigenvalue weighted by Crippen LogP contribution is -2.23. The highest BCUT2D eigenvalue weighted by molar-refractivity contribution is 7.99. The Morgan fingerprint density at radius 1 is 1.24 bits per heavy atom. The number of nitro benzene ring substituents is 1. The highest BCUT2D eigenvalue weighted by Gasteiger charge is 2.18. The van der Waals surface area contributed by atoms with Gasteiger partial charge in [0.2, 0.25) is 11.7 Å². The maximum absolute atomic E-state index is 14.0. The minimum Gasteiger partial charge on any atom is -0.323 e. The minimum absolute atomic E-state index is 0.147. The van der Waals surface area contributed by atoms with Gasteiger partial charge in [0.25, 0.3) is 11.2 Å². The summed E-state index contributed by atoms with van der Waals surface area (Å²) in [6, 6.07) is 9.98. The number of rotatable bonds is 8. The fourth-order valence-electron chi connectivity index (χ4n) is 3.38. The number of aryl methyl sites for hydroxylation is 1. The second kappa shape index (κ2) is 9.36. The molecule has 0 aliphatic carbocycles. The number of halogens is 1. The average Bonchev–Trinajstić information content (AvgIpc) is 3.23. The summed E-state index contributed by atoms with van der Waals surface area (Å²) in [6.45, 7) is 2.51. The minimum atomic E-state index is -0.780. The van der Waals surface area contributed by atoms with Crippen molar-refractivity contribution in [1.82, 2.24) is 19.2 Å². The molecule has 0 radical (unpaired) electrons. The molecule has 2 aromatic heterocycles. The van der Waals surface area contributed by atoms with E-state index < -0.39 is 16.6 Å². The Kier molecular flexibility index (Phi) is 6.36. The van der Waals surface area contributed by atoms with Crippen LogP contribution >= 0.6 is 11.8 Å². The van der Waals surface area contributed by atoms with Crippen LogP contribution in [0, 0.1) is 15.9 Å². The molecule has 2 aromatic carbocycles. The van der Waals surface area contributed by atoms with Gasteiger partial charge in [0.05, 0.1) is 27.3 Å². The predicted molar refractivity (Wildman–Crippen MR) is 122 cm³/mol. The van der Waals surface area contributed by atoms with Crippen LogP contribution in [0.1, 0.15) is 19.8 Å². The van der Waals surface area contributed by atoms with Gasteiger partial charge in [0, 0.05) is 18.7 Å². The van der Waals surface area contributed by atoms with Gasteiger partial charge in [-0.25, -0.2) is 4.39 Å². The fraction of sp³-hybridized carbons (Fsp3) is 0.238. The first kappa shape index (κ1) is 22.4. The number of aromatic nitrogens is 4. The van der Waals surface area contributed by atoms with E-state index in [1.54, 1.807) is 33.2 Å². The van der Waals surface area contributed by atoms with Crippen LogP contribution in [0.2, 0.25) is 0 Å². The Labute approximate surface area is 190 Å². The molecule has 0 saturated carbocycles. The van der Waals surface area contributed by atoms with E-state index in [1.165, 1.54) is 0 Å². The standard InChI is InChI=1S/C21H19FN6O4S/c1-2-3-10-26-19(30)14-6-4-5-7-17(14)27-20(26)24-25-21(27)33-12-18(29)23-16-11-13(28(31)32)8-9-15(16)22/h4-9,11H,2-3,10,12H2,1H3,(H,23,29). The molecule has 2 heterocycles. The van der Waals surface area contributed by atoms with Crippen LogP contribution in [0.15, 0.2) is 52.4 Å². The zero-order chi connectivity index (χ0) is 23.5. The molecule has 0 atom stereocenters. The van der Waals surface area contributed by atoms with Gasteiger partial charge in [0.1, 0.15) is 5.82 Å². The lowest BCUT2D eigenvalue weighted by molar-refractivity contribution is -0.384. The lowest BCUT2D eigenvalue weighted by atomic mass is 10.2. The van der Waals surface area contributed by atoms with Crippen molar-refractivity contribution in [2.75, 3.05) is 11.1 Å². The molecule has 33 heavy (non-hydrogen) atoms. The number of nitro groups is 1.